The number of Topliss-reactive ketones (excluding diaryl/α,β-unsaturated/α-hetero) is 1. The number of aliphatic carboxylic acids is 1. The van der Waals surface area contributed by atoms with Gasteiger partial charge < -0.3 is 20.5 Å². The number of ether oxygens (including phenoxy) is 1. The molecule has 1 aromatic rings. The van der Waals surface area contributed by atoms with E-state index >= 15 is 0 Å². The van der Waals surface area contributed by atoms with Crippen molar-refractivity contribution in [2.45, 2.75) is 25.8 Å². The third kappa shape index (κ3) is 4.29. The van der Waals surface area contributed by atoms with Gasteiger partial charge in [0.15, 0.2) is 12.4 Å². The Morgan fingerprint density at radius 2 is 2.09 bits per heavy atom. The van der Waals surface area contributed by atoms with Crippen LogP contribution in [0, 0.1) is 0 Å². The summed E-state index contributed by atoms with van der Waals surface area (Å²) in [7, 11) is 0. The third-order valence-electron chi connectivity index (χ3n) is 3.26. The zero-order chi connectivity index (χ0) is 17.0. The van der Waals surface area contributed by atoms with Crippen LogP contribution in [-0.4, -0.2) is 41.3 Å². The molecule has 23 heavy (non-hydrogen) atoms. The maximum Gasteiger partial charge on any atom is 0.325 e. The number of carbonyl (C=O) groups is 4. The van der Waals surface area contributed by atoms with Gasteiger partial charge in [-0.2, -0.15) is 0 Å². The zero-order valence-electron chi connectivity index (χ0n) is 12.4. The molecule has 8 heteroatoms. The lowest BCUT2D eigenvalue weighted by Crippen LogP contribution is -2.38. The van der Waals surface area contributed by atoms with Crippen molar-refractivity contribution in [3.63, 3.8) is 0 Å². The predicted molar refractivity (Wildman–Crippen MR) is 79.4 cm³/mol. The zero-order valence-corrected chi connectivity index (χ0v) is 12.4. The maximum atomic E-state index is 12.1. The van der Waals surface area contributed by atoms with Crippen LogP contribution < -0.4 is 15.4 Å². The van der Waals surface area contributed by atoms with E-state index in [1.54, 1.807) is 12.1 Å². The van der Waals surface area contributed by atoms with Crippen LogP contribution in [0.4, 0.5) is 5.69 Å². The van der Waals surface area contributed by atoms with Crippen LogP contribution in [0.2, 0.25) is 0 Å². The molecule has 0 saturated carbocycles. The Morgan fingerprint density at radius 1 is 1.35 bits per heavy atom. The molecule has 0 bridgehead atoms. The molecule has 0 spiro atoms. The highest BCUT2D eigenvalue weighted by Gasteiger charge is 2.19. The lowest BCUT2D eigenvalue weighted by Gasteiger charge is -2.18. The number of carbonyl (C=O) groups excluding carboxylic acids is 3. The molecule has 0 fully saturated rings. The molecule has 1 heterocycles. The average Bonchev–Trinajstić information content (AvgIpc) is 2.51. The van der Waals surface area contributed by atoms with E-state index in [9.17, 15) is 19.2 Å². The topological polar surface area (TPSA) is 122 Å². The van der Waals surface area contributed by atoms with Crippen molar-refractivity contribution in [1.82, 2.24) is 5.32 Å². The summed E-state index contributed by atoms with van der Waals surface area (Å²) >= 11 is 0. The van der Waals surface area contributed by atoms with E-state index in [-0.39, 0.29) is 31.1 Å². The summed E-state index contributed by atoms with van der Waals surface area (Å²) in [5.41, 5.74) is 0.754. The van der Waals surface area contributed by atoms with E-state index in [0.717, 1.165) is 0 Å². The molecule has 1 aromatic carbocycles. The molecule has 8 nitrogen and oxygen atoms in total. The van der Waals surface area contributed by atoms with Crippen molar-refractivity contribution in [3.05, 3.63) is 23.8 Å². The molecule has 1 atom stereocenters. The van der Waals surface area contributed by atoms with Gasteiger partial charge in [0.2, 0.25) is 5.91 Å². The first kappa shape index (κ1) is 16.5. The molecular formula is C15H16N2O6. The standard InChI is InChI=1S/C15H16N2O6/c1-8(15(21)22)16-13(19)5-3-11(18)9-2-4-12-10(6-9)17-14(20)7-23-12/h2,4,6,8H,3,5,7H2,1H3,(H,16,19)(H,17,20)(H,21,22). The van der Waals surface area contributed by atoms with Gasteiger partial charge in [0.25, 0.3) is 5.91 Å². The van der Waals surface area contributed by atoms with E-state index in [1.165, 1.54) is 13.0 Å². The van der Waals surface area contributed by atoms with Crippen LogP contribution in [0.25, 0.3) is 0 Å². The summed E-state index contributed by atoms with van der Waals surface area (Å²) in [6.07, 6.45) is -0.178. The second-order valence-corrected chi connectivity index (χ2v) is 5.10. The minimum absolute atomic E-state index is 0.0637. The molecule has 2 rings (SSSR count). The lowest BCUT2D eigenvalue weighted by atomic mass is 10.0. The minimum atomic E-state index is -1.14. The number of benzene rings is 1. The summed E-state index contributed by atoms with van der Waals surface area (Å²) in [6, 6.07) is 3.62. The van der Waals surface area contributed by atoms with Crippen LogP contribution in [0.1, 0.15) is 30.1 Å². The number of amides is 2. The highest BCUT2D eigenvalue weighted by molar-refractivity contribution is 6.01. The van der Waals surface area contributed by atoms with E-state index in [2.05, 4.69) is 10.6 Å². The van der Waals surface area contributed by atoms with Crippen LogP contribution in [0.15, 0.2) is 18.2 Å². The molecule has 0 radical (unpaired) electrons. The second kappa shape index (κ2) is 6.91. The third-order valence-corrected chi connectivity index (χ3v) is 3.26. The number of carboxylic acids is 1. The van der Waals surface area contributed by atoms with E-state index < -0.39 is 17.9 Å². The summed E-state index contributed by atoms with van der Waals surface area (Å²) in [4.78, 5) is 45.5. The van der Waals surface area contributed by atoms with Crippen molar-refractivity contribution in [2.24, 2.45) is 0 Å². The fourth-order valence-electron chi connectivity index (χ4n) is 2.00. The highest BCUT2D eigenvalue weighted by Crippen LogP contribution is 2.28. The molecule has 1 aliphatic heterocycles. The number of ketones is 1. The lowest BCUT2D eigenvalue weighted by molar-refractivity contribution is -0.141. The Balaban J connectivity index is 1.93. The van der Waals surface area contributed by atoms with Gasteiger partial charge in [-0.3, -0.25) is 19.2 Å². The van der Waals surface area contributed by atoms with Gasteiger partial charge in [-0.25, -0.2) is 0 Å². The van der Waals surface area contributed by atoms with Crippen molar-refractivity contribution in [1.29, 1.82) is 0 Å². The minimum Gasteiger partial charge on any atom is -0.482 e. The van der Waals surface area contributed by atoms with Crippen molar-refractivity contribution in [2.75, 3.05) is 11.9 Å². The van der Waals surface area contributed by atoms with Crippen LogP contribution >= 0.6 is 0 Å². The first-order valence-corrected chi connectivity index (χ1v) is 6.99. The quantitative estimate of drug-likeness (QED) is 0.659. The van der Waals surface area contributed by atoms with Gasteiger partial charge in [0.05, 0.1) is 5.69 Å². The Hall–Kier alpha value is -2.90. The number of anilines is 1. The maximum absolute atomic E-state index is 12.1. The Morgan fingerprint density at radius 3 is 2.78 bits per heavy atom. The van der Waals surface area contributed by atoms with Crippen LogP contribution in [-0.2, 0) is 14.4 Å². The van der Waals surface area contributed by atoms with Gasteiger partial charge in [-0.05, 0) is 25.1 Å². The van der Waals surface area contributed by atoms with Gasteiger partial charge in [0.1, 0.15) is 11.8 Å². The molecule has 3 N–H and O–H groups in total. The van der Waals surface area contributed by atoms with Gasteiger partial charge in [-0.15, -0.1) is 0 Å². The Labute approximate surface area is 131 Å². The van der Waals surface area contributed by atoms with Gasteiger partial charge in [-0.1, -0.05) is 0 Å². The number of carboxylic acid groups (broad SMARTS) is 1. The molecular weight excluding hydrogens is 304 g/mol. The van der Waals surface area contributed by atoms with Gasteiger partial charge in [0, 0.05) is 18.4 Å². The molecule has 2 amide bonds. The number of hydrogen-bond donors (Lipinski definition) is 3. The first-order valence-electron chi connectivity index (χ1n) is 6.99. The number of fused-ring (bicyclic) bond motifs is 1. The summed E-state index contributed by atoms with van der Waals surface area (Å²) in [5, 5.41) is 13.6. The first-order chi connectivity index (χ1) is 10.9. The summed E-state index contributed by atoms with van der Waals surface area (Å²) in [5.74, 6) is -1.76. The van der Waals surface area contributed by atoms with E-state index in [1.807, 2.05) is 0 Å². The average molecular weight is 320 g/mol. The van der Waals surface area contributed by atoms with Crippen molar-refractivity contribution >= 4 is 29.3 Å². The molecule has 0 aliphatic carbocycles. The molecule has 1 unspecified atom stereocenters. The summed E-state index contributed by atoms with van der Waals surface area (Å²) in [6.45, 7) is 1.27. The Bertz CT molecular complexity index is 670. The summed E-state index contributed by atoms with van der Waals surface area (Å²) < 4.78 is 5.19. The number of rotatable bonds is 6. The monoisotopic (exact) mass is 320 g/mol. The van der Waals surface area contributed by atoms with Crippen molar-refractivity contribution in [3.8, 4) is 5.75 Å². The number of nitrogens with one attached hydrogen (secondary N) is 2. The van der Waals surface area contributed by atoms with Crippen LogP contribution in [0.3, 0.4) is 0 Å². The molecule has 0 saturated heterocycles. The fraction of sp³-hybridized carbons (Fsp3) is 0.333. The van der Waals surface area contributed by atoms with Crippen molar-refractivity contribution < 1.29 is 29.0 Å². The molecule has 0 aromatic heterocycles. The molecule has 122 valence electrons. The fourth-order valence-corrected chi connectivity index (χ4v) is 2.00. The van der Waals surface area contributed by atoms with Crippen LogP contribution in [0.5, 0.6) is 5.75 Å². The smallest absolute Gasteiger partial charge is 0.325 e. The predicted octanol–water partition coefficient (Wildman–Crippen LogP) is 0.570. The molecule has 1 aliphatic rings. The largest absolute Gasteiger partial charge is 0.482 e. The van der Waals surface area contributed by atoms with Gasteiger partial charge >= 0.3 is 5.97 Å². The highest BCUT2D eigenvalue weighted by atomic mass is 16.5. The van der Waals surface area contributed by atoms with E-state index in [4.69, 9.17) is 9.84 Å². The second-order valence-electron chi connectivity index (χ2n) is 5.10. The Kier molecular flexibility index (Phi) is 4.95. The SMILES string of the molecule is CC(NC(=O)CCC(=O)c1ccc2c(c1)NC(=O)CO2)C(=O)O. The number of hydrogen-bond acceptors (Lipinski definition) is 5. The van der Waals surface area contributed by atoms with E-state index in [0.29, 0.717) is 17.0 Å². The normalized spacial score (nSPS) is 14.0.